The molecule has 1 atom stereocenters. The lowest BCUT2D eigenvalue weighted by Gasteiger charge is -2.55. The lowest BCUT2D eigenvalue weighted by Crippen LogP contribution is -2.83. The van der Waals surface area contributed by atoms with E-state index in [2.05, 4.69) is 10.1 Å². The van der Waals surface area contributed by atoms with Gasteiger partial charge in [0, 0.05) is 47.6 Å². The summed E-state index contributed by atoms with van der Waals surface area (Å²) in [5, 5.41) is 125. The minimum atomic E-state index is -4.24. The summed E-state index contributed by atoms with van der Waals surface area (Å²) < 4.78 is 19.4. The molecule has 0 aliphatic carbocycles. The summed E-state index contributed by atoms with van der Waals surface area (Å²) >= 11 is 0. The molecule has 2 fully saturated rings. The molecule has 0 spiro atoms. The fraction of sp³-hybridized carbons (Fsp3) is 0.483. The zero-order chi connectivity index (χ0) is 38.4. The molecule has 14 N–H and O–H groups in total. The van der Waals surface area contributed by atoms with Crippen molar-refractivity contribution in [2.24, 2.45) is 0 Å². The van der Waals surface area contributed by atoms with Crippen LogP contribution in [0.25, 0.3) is 0 Å². The molecule has 278 valence electrons. The van der Waals surface area contributed by atoms with Gasteiger partial charge in [-0.2, -0.15) is 4.90 Å². The number of imide groups is 1. The maximum absolute atomic E-state index is 15.6. The van der Waals surface area contributed by atoms with Crippen LogP contribution in [0.1, 0.15) is 54.7 Å². The fourth-order valence-corrected chi connectivity index (χ4v) is 5.27. The predicted molar refractivity (Wildman–Crippen MR) is 159 cm³/mol. The quantitative estimate of drug-likeness (QED) is 0.0984. The summed E-state index contributed by atoms with van der Waals surface area (Å²) in [7, 11) is 0. The van der Waals surface area contributed by atoms with E-state index in [4.69, 9.17) is 0 Å². The molecule has 5 rings (SSSR count). The highest BCUT2D eigenvalue weighted by molar-refractivity contribution is 6.08. The maximum atomic E-state index is 15.6. The second-order valence-electron chi connectivity index (χ2n) is 10.8. The number of rotatable bonds is 6. The highest BCUT2D eigenvalue weighted by Crippen LogP contribution is 2.43. The summed E-state index contributed by atoms with van der Waals surface area (Å²) in [5.41, 5.74) is -0.620. The van der Waals surface area contributed by atoms with E-state index < -0.39 is 95.0 Å². The molecule has 3 amide bonds. The average Bonchev–Trinajstić information content (AvgIpc) is 3.35. The highest BCUT2D eigenvalue weighted by atomic mass is 19.1. The third kappa shape index (κ3) is 6.33. The standard InChI is InChI=1S/C25H27FN4O16.2C2H6/c26-15-10(3-1-4-11(15)8-30-22(38,39)24(42,43)46-25(44,45)23(30,40)41)7-27-14-6-2-5-12-13(14)9-29(18(12)32)16-17(31)28-19(33)21(36,37)20(16,34)35;2*1-2/h1-6,16,27,34-45H,7-9H2,(H,28,31,33);2*1-2H3. The Morgan fingerprint density at radius 3 is 1.90 bits per heavy atom. The number of carbonyl (C=O) groups excluding carboxylic acids is 3. The van der Waals surface area contributed by atoms with Crippen molar-refractivity contribution in [3.63, 3.8) is 0 Å². The van der Waals surface area contributed by atoms with Crippen LogP contribution in [-0.2, 0) is 34.0 Å². The van der Waals surface area contributed by atoms with E-state index in [1.54, 1.807) is 5.32 Å². The van der Waals surface area contributed by atoms with Gasteiger partial charge in [0.05, 0.1) is 0 Å². The first kappa shape index (κ1) is 40.6. The number of aliphatic hydroxyl groups is 12. The van der Waals surface area contributed by atoms with E-state index in [1.165, 1.54) is 30.3 Å². The number of amides is 3. The number of nitrogens with zero attached hydrogens (tertiary/aromatic N) is 2. The Hall–Kier alpha value is -3.78. The first-order valence-corrected chi connectivity index (χ1v) is 14.9. The first-order valence-electron chi connectivity index (χ1n) is 14.9. The topological polar surface area (TPSA) is 334 Å². The molecule has 20 nitrogen and oxygen atoms in total. The first-order chi connectivity index (χ1) is 23.0. The Kier molecular flexibility index (Phi) is 11.2. The molecular formula is C29H39FN4O16. The molecule has 0 aromatic heterocycles. The van der Waals surface area contributed by atoms with Crippen LogP contribution in [0.4, 0.5) is 10.1 Å². The Bertz CT molecular complexity index is 1600. The molecule has 2 aromatic rings. The van der Waals surface area contributed by atoms with Crippen molar-refractivity contribution in [2.75, 3.05) is 5.32 Å². The summed E-state index contributed by atoms with van der Waals surface area (Å²) in [5.74, 6) is -29.9. The van der Waals surface area contributed by atoms with Crippen LogP contribution in [0.5, 0.6) is 0 Å². The van der Waals surface area contributed by atoms with Crippen LogP contribution >= 0.6 is 0 Å². The number of piperidine rings is 1. The molecule has 50 heavy (non-hydrogen) atoms. The number of benzene rings is 2. The van der Waals surface area contributed by atoms with Crippen molar-refractivity contribution in [1.82, 2.24) is 15.1 Å². The van der Waals surface area contributed by atoms with Gasteiger partial charge >= 0.3 is 29.6 Å². The Morgan fingerprint density at radius 2 is 1.34 bits per heavy atom. The minimum absolute atomic E-state index is 0.0917. The Labute approximate surface area is 282 Å². The molecule has 3 aliphatic heterocycles. The molecule has 0 radical (unpaired) electrons. The molecule has 3 heterocycles. The highest BCUT2D eigenvalue weighted by Gasteiger charge is 2.74. The van der Waals surface area contributed by atoms with Gasteiger partial charge in [0.25, 0.3) is 23.5 Å². The monoisotopic (exact) mass is 718 g/mol. The lowest BCUT2D eigenvalue weighted by atomic mass is 9.90. The third-order valence-electron chi connectivity index (χ3n) is 7.87. The van der Waals surface area contributed by atoms with E-state index in [1.807, 2.05) is 27.7 Å². The average molecular weight is 719 g/mol. The van der Waals surface area contributed by atoms with Gasteiger partial charge in [0.15, 0.2) is 6.04 Å². The molecule has 2 saturated heterocycles. The van der Waals surface area contributed by atoms with Crippen molar-refractivity contribution in [3.8, 4) is 0 Å². The normalized spacial score (nSPS) is 23.8. The molecule has 2 aromatic carbocycles. The van der Waals surface area contributed by atoms with Crippen molar-refractivity contribution < 1.29 is 84.8 Å². The van der Waals surface area contributed by atoms with Gasteiger partial charge in [0.2, 0.25) is 0 Å². The van der Waals surface area contributed by atoms with Gasteiger partial charge in [0.1, 0.15) is 5.82 Å². The summed E-state index contributed by atoms with van der Waals surface area (Å²) in [4.78, 5) is 37.5. The number of fused-ring (bicyclic) bond motifs is 1. The van der Waals surface area contributed by atoms with Gasteiger partial charge < -0.3 is 71.5 Å². The fourth-order valence-electron chi connectivity index (χ4n) is 5.27. The van der Waals surface area contributed by atoms with E-state index in [0.717, 1.165) is 6.07 Å². The number of carbonyl (C=O) groups is 3. The summed E-state index contributed by atoms with van der Waals surface area (Å²) in [6, 6.07) is 5.10. The molecule has 0 saturated carbocycles. The smallest absolute Gasteiger partial charge is 0.356 e. The van der Waals surface area contributed by atoms with Crippen LogP contribution in [0, 0.1) is 5.82 Å². The van der Waals surface area contributed by atoms with Crippen LogP contribution < -0.4 is 10.6 Å². The van der Waals surface area contributed by atoms with Crippen LogP contribution in [0.3, 0.4) is 0 Å². The molecule has 3 aliphatic rings. The molecular weight excluding hydrogens is 679 g/mol. The Morgan fingerprint density at radius 1 is 0.820 bits per heavy atom. The number of hydrogen-bond acceptors (Lipinski definition) is 18. The largest absolute Gasteiger partial charge is 0.381 e. The molecule has 1 unspecified atom stereocenters. The van der Waals surface area contributed by atoms with Gasteiger partial charge in [-0.1, -0.05) is 52.0 Å². The maximum Gasteiger partial charge on any atom is 0.356 e. The van der Waals surface area contributed by atoms with Crippen LogP contribution in [-0.4, -0.2) is 130 Å². The lowest BCUT2D eigenvalue weighted by molar-refractivity contribution is -0.659. The predicted octanol–water partition coefficient (Wildman–Crippen LogP) is -4.78. The van der Waals surface area contributed by atoms with Gasteiger partial charge in [-0.25, -0.2) is 4.39 Å². The van der Waals surface area contributed by atoms with Gasteiger partial charge in [-0.15, -0.1) is 0 Å². The second-order valence-corrected chi connectivity index (χ2v) is 10.8. The summed E-state index contributed by atoms with van der Waals surface area (Å²) in [6.45, 7) is 5.74. The van der Waals surface area contributed by atoms with Crippen molar-refractivity contribution in [1.29, 1.82) is 0 Å². The zero-order valence-corrected chi connectivity index (χ0v) is 26.9. The third-order valence-corrected chi connectivity index (χ3v) is 7.87. The molecule has 21 heteroatoms. The number of nitrogens with one attached hydrogen (secondary N) is 2. The van der Waals surface area contributed by atoms with Crippen LogP contribution in [0.15, 0.2) is 36.4 Å². The van der Waals surface area contributed by atoms with Crippen molar-refractivity contribution >= 4 is 23.4 Å². The number of hydrogen-bond donors (Lipinski definition) is 14. The van der Waals surface area contributed by atoms with Crippen molar-refractivity contribution in [2.45, 2.75) is 88.7 Å². The van der Waals surface area contributed by atoms with Crippen molar-refractivity contribution in [3.05, 3.63) is 64.5 Å². The number of ether oxygens (including phenoxy) is 1. The summed E-state index contributed by atoms with van der Waals surface area (Å²) in [6.07, 6.45) is 0. The van der Waals surface area contributed by atoms with Crippen LogP contribution in [0.2, 0.25) is 0 Å². The van der Waals surface area contributed by atoms with E-state index in [9.17, 15) is 75.7 Å². The number of morpholine rings is 1. The SMILES string of the molecule is CC.CC.O=C1NC(=O)C(O)(O)C(O)(O)C1N1Cc2c(NCc3cccc(CN4C(O)(O)C(O)(O)OC(O)(O)C4(O)O)c3F)cccc2C1=O. The molecule has 0 bridgehead atoms. The Balaban J connectivity index is 0.00000163. The number of anilines is 1. The minimum Gasteiger partial charge on any atom is -0.381 e. The van der Waals surface area contributed by atoms with E-state index in [-0.39, 0.29) is 22.4 Å². The van der Waals surface area contributed by atoms with E-state index >= 15 is 4.39 Å². The number of halogens is 1. The van der Waals surface area contributed by atoms with Gasteiger partial charge in [-0.3, -0.25) is 24.4 Å². The van der Waals surface area contributed by atoms with E-state index in [0.29, 0.717) is 4.90 Å². The second kappa shape index (κ2) is 13.7. The zero-order valence-electron chi connectivity index (χ0n) is 26.9. The van der Waals surface area contributed by atoms with Gasteiger partial charge in [-0.05, 0) is 12.1 Å².